The molecule has 0 amide bonds. The second-order valence-electron chi connectivity index (χ2n) is 26.4. The molecular formula is C72H133NaO5S8. The maximum absolute atomic E-state index is 12.4. The first kappa shape index (κ1) is 93.8. The molecule has 0 bridgehead atoms. The molecule has 0 spiro atoms. The van der Waals surface area contributed by atoms with Crippen molar-refractivity contribution in [3.05, 3.63) is 48.6 Å². The zero-order valence-corrected chi connectivity index (χ0v) is 67.7. The van der Waals surface area contributed by atoms with Gasteiger partial charge in [-0.05, 0) is 219 Å². The Bertz CT molecular complexity index is 1830. The van der Waals surface area contributed by atoms with Crippen molar-refractivity contribution in [1.29, 1.82) is 0 Å². The molecule has 14 heteroatoms. The fourth-order valence-corrected chi connectivity index (χ4v) is 18.5. The Hall–Kier alpha value is 1.40. The van der Waals surface area contributed by atoms with Crippen LogP contribution in [0.2, 0.25) is 0 Å². The van der Waals surface area contributed by atoms with E-state index in [-0.39, 0.29) is 66.0 Å². The standard InChI is InChI=1S/C40H70O4S4.C32H62S4.Na.H2O/c1-13-16-18-27(4)21-38(46-33(10)42)22-28(5)19-20-40(48-35(12)44)30(7)23-36(17-14-2)26-37(25-31(8)45-32(9)41)24-29(6)39(15-3)47-34(11)43;1-9-12-14-23(4)17-30(34)18-24(5)15-16-32(36)26(7)19-28(13-10-2)22-29(21-27(8)33)20-25(6)31(35)11-3;;/h14,16-18,27-31,36-40H,13,15,19-26H2,1-12H3;10,12-14,23-36H,9,11,15-22H2,1-8H3;;1H2/q;;+1;/p-1/b17-14+,18-16+;13-10+,14-12+;;. The molecule has 0 aliphatic carbocycles. The fourth-order valence-electron chi connectivity index (χ4n) is 12.9. The molecule has 0 aromatic heterocycles. The molecule has 5 nitrogen and oxygen atoms in total. The maximum atomic E-state index is 12.4. The molecule has 0 rings (SSSR count). The van der Waals surface area contributed by atoms with Gasteiger partial charge in [-0.25, -0.2) is 0 Å². The summed E-state index contributed by atoms with van der Waals surface area (Å²) in [6, 6.07) is 0. The minimum absolute atomic E-state index is 0. The topological polar surface area (TPSA) is 98.3 Å². The SMILES string of the molecule is C/C=C/C(CC(CC(C)S)CC(C)C(S)CC)CC(C)C(S)CCC(C)CC(S)CC(C)/C=C/CC.C/C=C/C(CC(CC(C)SC(C)=O)CC(C)C(CC)SC(C)=O)CC(C)C(CCC(C)CC(CC(C)/C=C/CC)SC(C)=O)SC(C)=O.[Na+].[OH-]. The number of carbonyl (C=O) groups is 4. The number of allylic oxidation sites excluding steroid dienone is 8. The third kappa shape index (κ3) is 50.8. The van der Waals surface area contributed by atoms with Gasteiger partial charge in [-0.3, -0.25) is 19.2 Å². The van der Waals surface area contributed by atoms with Crippen LogP contribution >= 0.6 is 97.6 Å². The molecule has 0 aromatic rings. The van der Waals surface area contributed by atoms with Crippen molar-refractivity contribution in [2.75, 3.05) is 0 Å². The van der Waals surface area contributed by atoms with Crippen LogP contribution in [0.15, 0.2) is 48.6 Å². The van der Waals surface area contributed by atoms with E-state index in [9.17, 15) is 19.2 Å². The van der Waals surface area contributed by atoms with Crippen molar-refractivity contribution in [2.45, 2.75) is 309 Å². The van der Waals surface area contributed by atoms with Crippen LogP contribution in [0, 0.1) is 71.0 Å². The summed E-state index contributed by atoms with van der Waals surface area (Å²) in [5.74, 6) is 6.48. The van der Waals surface area contributed by atoms with Crippen LogP contribution in [-0.2, 0) is 19.2 Å². The number of rotatable bonds is 46. The van der Waals surface area contributed by atoms with Crippen LogP contribution in [0.4, 0.5) is 0 Å². The smallest absolute Gasteiger partial charge is 0.870 e. The van der Waals surface area contributed by atoms with Crippen LogP contribution in [0.1, 0.15) is 267 Å². The summed E-state index contributed by atoms with van der Waals surface area (Å²) < 4.78 is 0. The fraction of sp³-hybridized carbons (Fsp3) is 0.833. The molecule has 0 aliphatic rings. The summed E-state index contributed by atoms with van der Waals surface area (Å²) >= 11 is 25.5. The minimum atomic E-state index is 0. The van der Waals surface area contributed by atoms with Gasteiger partial charge < -0.3 is 5.48 Å². The summed E-state index contributed by atoms with van der Waals surface area (Å²) in [6.07, 6.45) is 40.6. The van der Waals surface area contributed by atoms with Gasteiger partial charge in [-0.1, -0.05) is 193 Å². The molecule has 86 heavy (non-hydrogen) atoms. The Morgan fingerprint density at radius 3 is 1.31 bits per heavy atom. The average molecular weight is 1360 g/mol. The van der Waals surface area contributed by atoms with E-state index < -0.39 is 0 Å². The molecule has 0 saturated heterocycles. The van der Waals surface area contributed by atoms with Gasteiger partial charge in [0.2, 0.25) is 0 Å². The largest absolute Gasteiger partial charge is 1.00 e. The van der Waals surface area contributed by atoms with E-state index in [4.69, 9.17) is 50.5 Å². The van der Waals surface area contributed by atoms with Gasteiger partial charge in [0.25, 0.3) is 0 Å². The number of carbonyl (C=O) groups excluding carboxylic acids is 4. The van der Waals surface area contributed by atoms with Crippen molar-refractivity contribution >= 4 is 118 Å². The summed E-state index contributed by atoms with van der Waals surface area (Å²) in [7, 11) is 0. The number of hydrogen-bond donors (Lipinski definition) is 4. The Morgan fingerprint density at radius 1 is 0.419 bits per heavy atom. The number of hydrogen-bond acceptors (Lipinski definition) is 13. The number of thiol groups is 4. The predicted molar refractivity (Wildman–Crippen MR) is 403 cm³/mol. The normalized spacial score (nSPS) is 19.2. The summed E-state index contributed by atoms with van der Waals surface area (Å²) in [6.45, 7) is 42.8. The molecule has 0 heterocycles. The second kappa shape index (κ2) is 56.7. The van der Waals surface area contributed by atoms with Crippen molar-refractivity contribution in [1.82, 2.24) is 0 Å². The zero-order chi connectivity index (χ0) is 64.5. The maximum Gasteiger partial charge on any atom is 1.00 e. The molecule has 1 N–H and O–H groups in total. The summed E-state index contributed by atoms with van der Waals surface area (Å²) in [5, 5.41) is 3.75. The van der Waals surface area contributed by atoms with Crippen molar-refractivity contribution in [3.63, 3.8) is 0 Å². The van der Waals surface area contributed by atoms with Gasteiger partial charge in [0.1, 0.15) is 0 Å². The van der Waals surface area contributed by atoms with E-state index in [2.05, 4.69) is 159 Å². The Morgan fingerprint density at radius 2 is 0.849 bits per heavy atom. The summed E-state index contributed by atoms with van der Waals surface area (Å²) in [4.78, 5) is 48.4. The Kier molecular flexibility index (Phi) is 61.9. The third-order valence-electron chi connectivity index (χ3n) is 17.0. The molecule has 20 unspecified atom stereocenters. The minimum Gasteiger partial charge on any atom is -0.870 e. The van der Waals surface area contributed by atoms with Gasteiger partial charge in [0.15, 0.2) is 20.5 Å². The molecule has 0 fully saturated rings. The average Bonchev–Trinajstić information content (AvgIpc) is 3.61. The quantitative estimate of drug-likeness (QED) is 0.0270. The molecular weight excluding hydrogens is 1220 g/mol. The van der Waals surface area contributed by atoms with Crippen molar-refractivity contribution in [2.24, 2.45) is 71.0 Å². The molecule has 0 saturated carbocycles. The molecule has 500 valence electrons. The first-order valence-electron chi connectivity index (χ1n) is 33.4. The van der Waals surface area contributed by atoms with Gasteiger partial charge in [-0.2, -0.15) is 50.5 Å². The van der Waals surface area contributed by atoms with E-state index >= 15 is 0 Å². The monoisotopic (exact) mass is 1360 g/mol. The van der Waals surface area contributed by atoms with Crippen LogP contribution in [0.25, 0.3) is 0 Å². The van der Waals surface area contributed by atoms with Crippen molar-refractivity contribution < 1.29 is 54.2 Å². The van der Waals surface area contributed by atoms with Gasteiger partial charge in [0.05, 0.1) is 0 Å². The molecule has 0 aliphatic heterocycles. The van der Waals surface area contributed by atoms with Crippen LogP contribution < -0.4 is 29.6 Å². The van der Waals surface area contributed by atoms with Crippen LogP contribution in [0.3, 0.4) is 0 Å². The third-order valence-corrected chi connectivity index (χ3v) is 24.0. The molecule has 20 atom stereocenters. The first-order chi connectivity index (χ1) is 39.4. The van der Waals surface area contributed by atoms with E-state index in [0.29, 0.717) is 103 Å². The van der Waals surface area contributed by atoms with E-state index in [1.165, 1.54) is 98.4 Å². The van der Waals surface area contributed by atoms with Gasteiger partial charge in [0, 0.05) is 64.4 Å². The van der Waals surface area contributed by atoms with Gasteiger partial charge in [-0.15, -0.1) is 0 Å². The predicted octanol–water partition coefficient (Wildman–Crippen LogP) is 20.3. The van der Waals surface area contributed by atoms with E-state index in [1.807, 2.05) is 0 Å². The molecule has 0 radical (unpaired) electrons. The van der Waals surface area contributed by atoms with Crippen LogP contribution in [0.5, 0.6) is 0 Å². The number of thioether (sulfide) groups is 4. The van der Waals surface area contributed by atoms with E-state index in [1.54, 1.807) is 27.7 Å². The molecule has 0 aromatic carbocycles. The van der Waals surface area contributed by atoms with Gasteiger partial charge >= 0.3 is 29.6 Å². The summed E-state index contributed by atoms with van der Waals surface area (Å²) in [5.41, 5.74) is 0. The first-order valence-corrected chi connectivity index (χ1v) is 39.0. The Labute approximate surface area is 595 Å². The van der Waals surface area contributed by atoms with Crippen LogP contribution in [-0.4, -0.2) is 67.9 Å². The van der Waals surface area contributed by atoms with E-state index in [0.717, 1.165) is 77.0 Å². The van der Waals surface area contributed by atoms with Crippen molar-refractivity contribution in [3.8, 4) is 0 Å². The Balaban J connectivity index is -0.000000794. The second-order valence-corrected chi connectivity index (χ2v) is 35.3. The zero-order valence-electron chi connectivity index (χ0n) is 58.8.